The summed E-state index contributed by atoms with van der Waals surface area (Å²) in [6.45, 7) is 1.10. The second kappa shape index (κ2) is 0.971. The Bertz CT molecular complexity index is 122. The minimum atomic E-state index is 0.713. The maximum absolute atomic E-state index is 5.51. The summed E-state index contributed by atoms with van der Waals surface area (Å²) in [5, 5.41) is 0. The van der Waals surface area contributed by atoms with Crippen molar-refractivity contribution in [2.75, 3.05) is 6.61 Å². The quantitative estimate of drug-likeness (QED) is 0.452. The maximum Gasteiger partial charge on any atom is 0.0609 e. The van der Waals surface area contributed by atoms with Crippen LogP contribution in [0.4, 0.5) is 0 Å². The molecular weight excluding hydrogens is 100 g/mol. The average molecular weight is 110 g/mol. The largest absolute Gasteiger partial charge is 0.378 e. The molecule has 0 radical (unpaired) electrons. The first-order valence-electron chi connectivity index (χ1n) is 3.57. The molecule has 1 heterocycles. The van der Waals surface area contributed by atoms with Gasteiger partial charge >= 0.3 is 0 Å². The highest BCUT2D eigenvalue weighted by Gasteiger charge is 2.57. The van der Waals surface area contributed by atoms with E-state index in [1.165, 1.54) is 12.8 Å². The van der Waals surface area contributed by atoms with Gasteiger partial charge in [-0.05, 0) is 30.6 Å². The molecule has 0 spiro atoms. The minimum Gasteiger partial charge on any atom is -0.378 e. The van der Waals surface area contributed by atoms with Gasteiger partial charge in [-0.3, -0.25) is 0 Å². The molecule has 4 unspecified atom stereocenters. The molecule has 0 amide bonds. The third kappa shape index (κ3) is 0.235. The predicted molar refractivity (Wildman–Crippen MR) is 29.4 cm³/mol. The third-order valence-electron chi connectivity index (χ3n) is 3.25. The zero-order valence-electron chi connectivity index (χ0n) is 4.84. The van der Waals surface area contributed by atoms with Gasteiger partial charge in [0.2, 0.25) is 0 Å². The first-order valence-corrected chi connectivity index (χ1v) is 3.57. The summed E-state index contributed by atoms with van der Waals surface area (Å²) in [6, 6.07) is 0. The number of hydrogen-bond acceptors (Lipinski definition) is 1. The van der Waals surface area contributed by atoms with E-state index in [1.807, 2.05) is 0 Å². The summed E-state index contributed by atoms with van der Waals surface area (Å²) in [7, 11) is 0. The van der Waals surface area contributed by atoms with Crippen LogP contribution < -0.4 is 0 Å². The van der Waals surface area contributed by atoms with E-state index >= 15 is 0 Å². The van der Waals surface area contributed by atoms with Gasteiger partial charge in [0.1, 0.15) is 0 Å². The van der Waals surface area contributed by atoms with Gasteiger partial charge in [0, 0.05) is 0 Å². The van der Waals surface area contributed by atoms with Crippen LogP contribution in [0.5, 0.6) is 0 Å². The van der Waals surface area contributed by atoms with Gasteiger partial charge in [0.15, 0.2) is 0 Å². The van der Waals surface area contributed by atoms with Crippen LogP contribution in [0.25, 0.3) is 0 Å². The highest BCUT2D eigenvalue weighted by Crippen LogP contribution is 2.58. The molecule has 3 aliphatic carbocycles. The van der Waals surface area contributed by atoms with E-state index in [0.29, 0.717) is 6.10 Å². The van der Waals surface area contributed by atoms with Crippen molar-refractivity contribution in [1.29, 1.82) is 0 Å². The molecule has 1 nitrogen and oxygen atoms in total. The number of rotatable bonds is 0. The molecule has 4 fully saturated rings. The van der Waals surface area contributed by atoms with E-state index in [2.05, 4.69) is 0 Å². The highest BCUT2D eigenvalue weighted by atomic mass is 16.5. The van der Waals surface area contributed by atoms with Crippen molar-refractivity contribution < 1.29 is 4.74 Å². The van der Waals surface area contributed by atoms with Gasteiger partial charge in [-0.15, -0.1) is 0 Å². The van der Waals surface area contributed by atoms with E-state index in [1.54, 1.807) is 0 Å². The molecule has 4 atom stereocenters. The Hall–Kier alpha value is -0.0400. The summed E-state index contributed by atoms with van der Waals surface area (Å²) < 4.78 is 5.51. The Morgan fingerprint density at radius 3 is 2.50 bits per heavy atom. The summed E-state index contributed by atoms with van der Waals surface area (Å²) >= 11 is 0. The lowest BCUT2D eigenvalue weighted by molar-refractivity contribution is 0.0635. The molecule has 1 saturated heterocycles. The van der Waals surface area contributed by atoms with Crippen LogP contribution in [0, 0.1) is 17.8 Å². The topological polar surface area (TPSA) is 9.23 Å². The number of ether oxygens (including phenoxy) is 1. The van der Waals surface area contributed by atoms with Crippen molar-refractivity contribution in [3.8, 4) is 0 Å². The average Bonchev–Trinajstić information content (AvgIpc) is 2.25. The van der Waals surface area contributed by atoms with Crippen LogP contribution >= 0.6 is 0 Å². The van der Waals surface area contributed by atoms with E-state index in [4.69, 9.17) is 4.74 Å². The lowest BCUT2D eigenvalue weighted by atomic mass is 9.74. The molecule has 0 N–H and O–H groups in total. The SMILES string of the molecule is C1C2CC3C1OCC23. The van der Waals surface area contributed by atoms with E-state index < -0.39 is 0 Å². The summed E-state index contributed by atoms with van der Waals surface area (Å²) in [5.41, 5.74) is 0. The van der Waals surface area contributed by atoms with Gasteiger partial charge in [-0.2, -0.15) is 0 Å². The van der Waals surface area contributed by atoms with E-state index in [9.17, 15) is 0 Å². The van der Waals surface area contributed by atoms with Gasteiger partial charge < -0.3 is 4.74 Å². The van der Waals surface area contributed by atoms with Crippen LogP contribution in [0.15, 0.2) is 0 Å². The smallest absolute Gasteiger partial charge is 0.0609 e. The van der Waals surface area contributed by atoms with Crippen molar-refractivity contribution in [2.24, 2.45) is 17.8 Å². The van der Waals surface area contributed by atoms with Crippen LogP contribution in [0.3, 0.4) is 0 Å². The fraction of sp³-hybridized carbons (Fsp3) is 1.00. The summed E-state index contributed by atoms with van der Waals surface area (Å²) in [6.07, 6.45) is 3.61. The lowest BCUT2D eigenvalue weighted by Crippen LogP contribution is -2.27. The maximum atomic E-state index is 5.51. The molecule has 1 aliphatic heterocycles. The van der Waals surface area contributed by atoms with Crippen molar-refractivity contribution in [3.63, 3.8) is 0 Å². The van der Waals surface area contributed by atoms with Crippen LogP contribution in [0.2, 0.25) is 0 Å². The Balaban J connectivity index is 2.06. The molecule has 0 aromatic rings. The molecule has 4 aliphatic rings. The monoisotopic (exact) mass is 110 g/mol. The fourth-order valence-corrected chi connectivity index (χ4v) is 2.71. The second-order valence-electron chi connectivity index (χ2n) is 3.43. The first-order chi connectivity index (χ1) is 3.95. The fourth-order valence-electron chi connectivity index (χ4n) is 2.71. The van der Waals surface area contributed by atoms with Crippen LogP contribution in [-0.2, 0) is 4.74 Å². The van der Waals surface area contributed by atoms with Crippen molar-refractivity contribution in [2.45, 2.75) is 18.9 Å². The van der Waals surface area contributed by atoms with Crippen LogP contribution in [-0.4, -0.2) is 12.7 Å². The van der Waals surface area contributed by atoms with Gasteiger partial charge in [0.25, 0.3) is 0 Å². The molecule has 3 saturated carbocycles. The number of hydrogen-bond donors (Lipinski definition) is 0. The molecule has 8 heavy (non-hydrogen) atoms. The minimum absolute atomic E-state index is 0.713. The summed E-state index contributed by atoms with van der Waals surface area (Å²) in [5.74, 6) is 3.12. The molecule has 44 valence electrons. The zero-order valence-corrected chi connectivity index (χ0v) is 4.84. The van der Waals surface area contributed by atoms with Gasteiger partial charge in [-0.1, -0.05) is 0 Å². The molecule has 0 aromatic carbocycles. The standard InChI is InChI=1S/C7H10O/c1-4-2-7-5(1)6(4)3-8-7/h4-7H,1-3H2. The Morgan fingerprint density at radius 2 is 2.12 bits per heavy atom. The van der Waals surface area contributed by atoms with Crippen LogP contribution in [0.1, 0.15) is 12.8 Å². The molecule has 1 heteroatoms. The Morgan fingerprint density at radius 1 is 1.12 bits per heavy atom. The van der Waals surface area contributed by atoms with Crippen molar-refractivity contribution >= 4 is 0 Å². The van der Waals surface area contributed by atoms with Crippen molar-refractivity contribution in [3.05, 3.63) is 0 Å². The highest BCUT2D eigenvalue weighted by molar-refractivity contribution is 5.06. The lowest BCUT2D eigenvalue weighted by Gasteiger charge is -2.30. The van der Waals surface area contributed by atoms with E-state index in [-0.39, 0.29) is 0 Å². The van der Waals surface area contributed by atoms with Crippen molar-refractivity contribution in [1.82, 2.24) is 0 Å². The molecule has 4 bridgehead atoms. The molecule has 0 aromatic heterocycles. The normalized spacial score (nSPS) is 66.0. The second-order valence-corrected chi connectivity index (χ2v) is 3.43. The first kappa shape index (κ1) is 3.89. The Kier molecular flexibility index (Phi) is 0.472. The Labute approximate surface area is 49.0 Å². The molecular formula is C7H10O. The third-order valence-corrected chi connectivity index (χ3v) is 3.25. The van der Waals surface area contributed by atoms with Gasteiger partial charge in [-0.25, -0.2) is 0 Å². The molecule has 4 rings (SSSR count). The zero-order chi connectivity index (χ0) is 5.14. The van der Waals surface area contributed by atoms with E-state index in [0.717, 1.165) is 24.4 Å². The summed E-state index contributed by atoms with van der Waals surface area (Å²) in [4.78, 5) is 0. The predicted octanol–water partition coefficient (Wildman–Crippen LogP) is 1.04. The van der Waals surface area contributed by atoms with Gasteiger partial charge in [0.05, 0.1) is 12.7 Å².